The summed E-state index contributed by atoms with van der Waals surface area (Å²) in [5.74, 6) is 1.60. The van der Waals surface area contributed by atoms with Gasteiger partial charge in [-0.1, -0.05) is 5.92 Å². The quantitative estimate of drug-likeness (QED) is 0.434. The Morgan fingerprint density at radius 3 is 2.83 bits per heavy atom. The van der Waals surface area contributed by atoms with Crippen LogP contribution in [0.2, 0.25) is 0 Å². The molecule has 0 heterocycles. The lowest BCUT2D eigenvalue weighted by atomic mass is 10.3. The van der Waals surface area contributed by atoms with Crippen molar-refractivity contribution in [1.29, 1.82) is 0 Å². The number of sulfonamides is 1. The normalized spacial score (nSPS) is 12.6. The molecule has 8 heteroatoms. The van der Waals surface area contributed by atoms with Crippen molar-refractivity contribution in [3.05, 3.63) is 24.0 Å². The van der Waals surface area contributed by atoms with Crippen LogP contribution in [0.1, 0.15) is 13.3 Å². The number of nitrogens with one attached hydrogen (secondary N) is 2. The van der Waals surface area contributed by atoms with Gasteiger partial charge in [-0.15, -0.1) is 6.42 Å². The fourth-order valence-electron chi connectivity index (χ4n) is 1.76. The molecule has 0 bridgehead atoms. The van der Waals surface area contributed by atoms with Crippen LogP contribution in [0.4, 0.5) is 10.1 Å². The van der Waals surface area contributed by atoms with E-state index in [4.69, 9.17) is 16.3 Å². The fourth-order valence-corrected chi connectivity index (χ4v) is 3.12. The number of aliphatic hydroxyl groups excluding tert-OH is 1. The summed E-state index contributed by atoms with van der Waals surface area (Å²) in [6.45, 7) is 2.58. The zero-order chi connectivity index (χ0) is 17.3. The van der Waals surface area contributed by atoms with Crippen molar-refractivity contribution in [3.63, 3.8) is 0 Å². The summed E-state index contributed by atoms with van der Waals surface area (Å²) in [6, 6.07) is 2.77. The third-order valence-electron chi connectivity index (χ3n) is 2.83. The summed E-state index contributed by atoms with van der Waals surface area (Å²) in [5.41, 5.74) is 0.283. The van der Waals surface area contributed by atoms with Gasteiger partial charge in [-0.3, -0.25) is 0 Å². The zero-order valence-electron chi connectivity index (χ0n) is 12.9. The molecule has 3 N–H and O–H groups in total. The molecule has 6 nitrogen and oxygen atoms in total. The van der Waals surface area contributed by atoms with Gasteiger partial charge in [-0.25, -0.2) is 12.8 Å². The molecule has 1 aromatic rings. The van der Waals surface area contributed by atoms with Crippen LogP contribution < -0.4 is 10.0 Å². The Bertz CT molecular complexity index is 643. The van der Waals surface area contributed by atoms with E-state index in [0.29, 0.717) is 19.6 Å². The van der Waals surface area contributed by atoms with Crippen molar-refractivity contribution in [2.24, 2.45) is 0 Å². The Balaban J connectivity index is 2.79. The molecule has 0 aliphatic carbocycles. The molecule has 0 saturated heterocycles. The third kappa shape index (κ3) is 6.54. The molecule has 0 amide bonds. The lowest BCUT2D eigenvalue weighted by Gasteiger charge is -2.14. The Morgan fingerprint density at radius 2 is 2.17 bits per heavy atom. The molecule has 1 atom stereocenters. The number of benzene rings is 1. The fraction of sp³-hybridized carbons (Fsp3) is 0.467. The Kier molecular flexibility index (Phi) is 7.98. The maximum Gasteiger partial charge on any atom is 0.243 e. The van der Waals surface area contributed by atoms with Gasteiger partial charge in [0.15, 0.2) is 0 Å². The van der Waals surface area contributed by atoms with Crippen molar-refractivity contribution in [3.8, 4) is 12.3 Å². The first-order chi connectivity index (χ1) is 10.9. The summed E-state index contributed by atoms with van der Waals surface area (Å²) >= 11 is 0. The average Bonchev–Trinajstić information content (AvgIpc) is 2.51. The van der Waals surface area contributed by atoms with Crippen molar-refractivity contribution >= 4 is 15.7 Å². The SMILES string of the molecule is C#CC(C)NS(=O)(=O)c1cc(F)ccc1NCCCOCCO. The van der Waals surface area contributed by atoms with E-state index in [1.807, 2.05) is 0 Å². The van der Waals surface area contributed by atoms with Crippen LogP contribution in [0, 0.1) is 18.2 Å². The second-order valence-corrected chi connectivity index (χ2v) is 6.45. The number of terminal acetylenes is 1. The molecule has 0 aliphatic rings. The highest BCUT2D eigenvalue weighted by Crippen LogP contribution is 2.22. The van der Waals surface area contributed by atoms with E-state index in [0.717, 1.165) is 6.07 Å². The molecule has 1 unspecified atom stereocenters. The van der Waals surface area contributed by atoms with E-state index in [1.54, 1.807) is 0 Å². The molecule has 0 aromatic heterocycles. The van der Waals surface area contributed by atoms with Crippen molar-refractivity contribution in [2.75, 3.05) is 31.7 Å². The summed E-state index contributed by atoms with van der Waals surface area (Å²) in [4.78, 5) is -0.198. The van der Waals surface area contributed by atoms with Crippen LogP contribution in [0.25, 0.3) is 0 Å². The Hall–Kier alpha value is -1.66. The van der Waals surface area contributed by atoms with Crippen molar-refractivity contribution in [2.45, 2.75) is 24.3 Å². The second-order valence-electron chi connectivity index (χ2n) is 4.77. The van der Waals surface area contributed by atoms with Gasteiger partial charge in [-0.2, -0.15) is 4.72 Å². The highest BCUT2D eigenvalue weighted by Gasteiger charge is 2.21. The predicted molar refractivity (Wildman–Crippen MR) is 86.0 cm³/mol. The first-order valence-corrected chi connectivity index (χ1v) is 8.59. The van der Waals surface area contributed by atoms with Gasteiger partial charge in [0.25, 0.3) is 0 Å². The molecule has 0 spiro atoms. The minimum Gasteiger partial charge on any atom is -0.394 e. The number of halogens is 1. The highest BCUT2D eigenvalue weighted by atomic mass is 32.2. The summed E-state index contributed by atoms with van der Waals surface area (Å²) in [6.07, 6.45) is 5.77. The minimum atomic E-state index is -3.94. The van der Waals surface area contributed by atoms with E-state index in [-0.39, 0.29) is 23.8 Å². The van der Waals surface area contributed by atoms with Crippen LogP contribution in [0.5, 0.6) is 0 Å². The smallest absolute Gasteiger partial charge is 0.243 e. The van der Waals surface area contributed by atoms with Crippen LogP contribution in [-0.4, -0.2) is 45.9 Å². The number of ether oxygens (including phenoxy) is 1. The van der Waals surface area contributed by atoms with Gasteiger partial charge in [-0.05, 0) is 31.5 Å². The monoisotopic (exact) mass is 344 g/mol. The maximum atomic E-state index is 13.4. The molecule has 1 rings (SSSR count). The molecule has 0 radical (unpaired) electrons. The Labute approximate surface area is 136 Å². The molecule has 0 aliphatic heterocycles. The maximum absolute atomic E-state index is 13.4. The van der Waals surface area contributed by atoms with Crippen LogP contribution in [0.15, 0.2) is 23.1 Å². The summed E-state index contributed by atoms with van der Waals surface area (Å²) < 4.78 is 45.4. The molecule has 0 saturated carbocycles. The summed E-state index contributed by atoms with van der Waals surface area (Å²) in [5, 5.41) is 11.5. The molecule has 1 aromatic carbocycles. The van der Waals surface area contributed by atoms with Crippen LogP contribution in [0.3, 0.4) is 0 Å². The van der Waals surface area contributed by atoms with Gasteiger partial charge in [0.05, 0.1) is 24.9 Å². The standard InChI is InChI=1S/C15H21FN2O4S/c1-3-12(2)18-23(20,21)15-11-13(16)5-6-14(15)17-7-4-9-22-10-8-19/h1,5-6,11-12,17-19H,4,7-10H2,2H3. The van der Waals surface area contributed by atoms with Crippen molar-refractivity contribution in [1.82, 2.24) is 4.72 Å². The number of hydrogen-bond donors (Lipinski definition) is 3. The van der Waals surface area contributed by atoms with Gasteiger partial charge in [0, 0.05) is 13.2 Å². The Morgan fingerprint density at radius 1 is 1.43 bits per heavy atom. The van der Waals surface area contributed by atoms with Gasteiger partial charge < -0.3 is 15.2 Å². The lowest BCUT2D eigenvalue weighted by Crippen LogP contribution is -2.32. The van der Waals surface area contributed by atoms with E-state index in [1.165, 1.54) is 19.1 Å². The molecule has 0 fully saturated rings. The minimum absolute atomic E-state index is 0.0488. The number of anilines is 1. The lowest BCUT2D eigenvalue weighted by molar-refractivity contribution is 0.0922. The van der Waals surface area contributed by atoms with Crippen LogP contribution in [-0.2, 0) is 14.8 Å². The molecular formula is C15H21FN2O4S. The molecule has 23 heavy (non-hydrogen) atoms. The van der Waals surface area contributed by atoms with Gasteiger partial charge in [0.1, 0.15) is 10.7 Å². The predicted octanol–water partition coefficient (Wildman–Crippen LogP) is 0.937. The first-order valence-electron chi connectivity index (χ1n) is 7.11. The van der Waals surface area contributed by atoms with Crippen molar-refractivity contribution < 1.29 is 22.7 Å². The van der Waals surface area contributed by atoms with E-state index < -0.39 is 21.9 Å². The number of aliphatic hydroxyl groups is 1. The van der Waals surface area contributed by atoms with Gasteiger partial charge >= 0.3 is 0 Å². The average molecular weight is 344 g/mol. The highest BCUT2D eigenvalue weighted by molar-refractivity contribution is 7.89. The van der Waals surface area contributed by atoms with E-state index in [2.05, 4.69) is 16.0 Å². The van der Waals surface area contributed by atoms with E-state index in [9.17, 15) is 12.8 Å². The second kappa shape index (κ2) is 9.47. The molecule has 128 valence electrons. The number of hydrogen-bond acceptors (Lipinski definition) is 5. The molecular weight excluding hydrogens is 323 g/mol. The topological polar surface area (TPSA) is 87.7 Å². The van der Waals surface area contributed by atoms with Crippen LogP contribution >= 0.6 is 0 Å². The zero-order valence-corrected chi connectivity index (χ0v) is 13.7. The first kappa shape index (κ1) is 19.4. The third-order valence-corrected chi connectivity index (χ3v) is 4.41. The van der Waals surface area contributed by atoms with Gasteiger partial charge in [0.2, 0.25) is 10.0 Å². The largest absolute Gasteiger partial charge is 0.394 e. The summed E-state index contributed by atoms with van der Waals surface area (Å²) in [7, 11) is -3.94. The number of rotatable bonds is 10. The van der Waals surface area contributed by atoms with E-state index >= 15 is 0 Å².